The Kier molecular flexibility index (Phi) is 2.17. The molecule has 2 aromatic rings. The van der Waals surface area contributed by atoms with Crippen molar-refractivity contribution in [1.29, 1.82) is 0 Å². The molecule has 0 bridgehead atoms. The molecule has 3 rings (SSSR count). The number of ether oxygens (including phenoxy) is 2. The Morgan fingerprint density at radius 3 is 3.25 bits per heavy atom. The quantitative estimate of drug-likeness (QED) is 0.919. The molecule has 0 radical (unpaired) electrons. The molecule has 16 heavy (non-hydrogen) atoms. The van der Waals surface area contributed by atoms with Crippen LogP contribution in [0, 0.1) is 0 Å². The van der Waals surface area contributed by atoms with Gasteiger partial charge in [0.2, 0.25) is 0 Å². The lowest BCUT2D eigenvalue weighted by Gasteiger charge is -2.02. The van der Waals surface area contributed by atoms with Gasteiger partial charge in [0.25, 0.3) is 5.88 Å². The number of aromatic nitrogens is 2. The fourth-order valence-corrected chi connectivity index (χ4v) is 2.44. The highest BCUT2D eigenvalue weighted by Crippen LogP contribution is 2.42. The molecule has 0 saturated heterocycles. The van der Waals surface area contributed by atoms with Crippen LogP contribution < -0.4 is 9.47 Å². The first-order valence-corrected chi connectivity index (χ1v) is 5.59. The van der Waals surface area contributed by atoms with E-state index >= 15 is 0 Å². The maximum Gasteiger partial charge on any atom is 0.254 e. The molecule has 6 heteroatoms. The maximum atomic E-state index is 5.54. The number of H-pyrrole nitrogens is 1. The summed E-state index contributed by atoms with van der Waals surface area (Å²) in [5.41, 5.74) is 1.07. The molecule has 1 atom stereocenters. The minimum absolute atomic E-state index is 0.0621. The van der Waals surface area contributed by atoms with E-state index in [4.69, 9.17) is 14.0 Å². The summed E-state index contributed by atoms with van der Waals surface area (Å²) in [5.74, 6) is 2.14. The van der Waals surface area contributed by atoms with Gasteiger partial charge in [-0.2, -0.15) is 0 Å². The van der Waals surface area contributed by atoms with Crippen LogP contribution in [0.2, 0.25) is 0 Å². The van der Waals surface area contributed by atoms with Crippen LogP contribution in [0.1, 0.15) is 17.2 Å². The molecule has 2 aromatic heterocycles. The fourth-order valence-electron chi connectivity index (χ4n) is 1.85. The van der Waals surface area contributed by atoms with Crippen LogP contribution in [0.3, 0.4) is 0 Å². The third-order valence-electron chi connectivity index (χ3n) is 2.65. The lowest BCUT2D eigenvalue weighted by atomic mass is 10.0. The summed E-state index contributed by atoms with van der Waals surface area (Å²) in [6.07, 6.45) is 1.83. The van der Waals surface area contributed by atoms with Crippen molar-refractivity contribution in [3.05, 3.63) is 28.2 Å². The predicted octanol–water partition coefficient (Wildman–Crippen LogP) is 2.30. The molecule has 0 amide bonds. The van der Waals surface area contributed by atoms with Gasteiger partial charge in [0, 0.05) is 17.8 Å². The lowest BCUT2D eigenvalue weighted by Crippen LogP contribution is -2.02. The van der Waals surface area contributed by atoms with Crippen LogP contribution in [-0.2, 0) is 0 Å². The molecule has 0 aromatic carbocycles. The second-order valence-corrected chi connectivity index (χ2v) is 4.31. The van der Waals surface area contributed by atoms with Crippen molar-refractivity contribution in [2.24, 2.45) is 0 Å². The summed E-state index contributed by atoms with van der Waals surface area (Å²) in [4.78, 5) is 3.06. The Bertz CT molecular complexity index is 520. The normalized spacial score (nSPS) is 18.2. The van der Waals surface area contributed by atoms with E-state index in [0.29, 0.717) is 12.5 Å². The maximum absolute atomic E-state index is 5.54. The molecule has 0 spiro atoms. The summed E-state index contributed by atoms with van der Waals surface area (Å²) < 4.78 is 16.7. The third-order valence-corrected chi connectivity index (χ3v) is 3.30. The van der Waals surface area contributed by atoms with E-state index in [9.17, 15) is 0 Å². The molecule has 0 fully saturated rings. The van der Waals surface area contributed by atoms with Crippen molar-refractivity contribution in [3.63, 3.8) is 0 Å². The van der Waals surface area contributed by atoms with E-state index in [1.54, 1.807) is 13.2 Å². The summed E-state index contributed by atoms with van der Waals surface area (Å²) in [5, 5.41) is 3.79. The van der Waals surface area contributed by atoms with Crippen molar-refractivity contribution in [2.75, 3.05) is 13.7 Å². The Morgan fingerprint density at radius 2 is 2.50 bits per heavy atom. The van der Waals surface area contributed by atoms with Gasteiger partial charge in [0.05, 0.1) is 17.6 Å². The second-order valence-electron chi connectivity index (χ2n) is 3.52. The molecule has 1 unspecified atom stereocenters. The number of aromatic amines is 1. The average Bonchev–Trinajstić information content (AvgIpc) is 2.96. The Hall–Kier alpha value is -1.43. The van der Waals surface area contributed by atoms with Crippen LogP contribution in [0.4, 0.5) is 0 Å². The lowest BCUT2D eigenvalue weighted by molar-refractivity contribution is 0.296. The van der Waals surface area contributed by atoms with Crippen LogP contribution in [-0.4, -0.2) is 23.9 Å². The van der Waals surface area contributed by atoms with Crippen LogP contribution in [0.5, 0.6) is 11.6 Å². The standard InChI is InChI=1S/C10H9BrN2O3/c1-14-8-2-6(16-13-8)5-4-15-7-3-12-10(11)9(5)7/h2-3,5,12H,4H2,1H3. The monoisotopic (exact) mass is 284 g/mol. The largest absolute Gasteiger partial charge is 0.491 e. The Balaban J connectivity index is 2.00. The zero-order valence-electron chi connectivity index (χ0n) is 8.49. The fraction of sp³-hybridized carbons (Fsp3) is 0.300. The average molecular weight is 285 g/mol. The number of nitrogens with one attached hydrogen (secondary N) is 1. The molecule has 0 saturated carbocycles. The molecule has 1 N–H and O–H groups in total. The molecule has 3 heterocycles. The van der Waals surface area contributed by atoms with Crippen molar-refractivity contribution in [2.45, 2.75) is 5.92 Å². The van der Waals surface area contributed by atoms with Gasteiger partial charge in [-0.25, -0.2) is 0 Å². The van der Waals surface area contributed by atoms with Crippen LogP contribution in [0.15, 0.2) is 21.4 Å². The Labute approximate surface area is 99.8 Å². The van der Waals surface area contributed by atoms with Gasteiger partial charge in [-0.05, 0) is 21.1 Å². The number of nitrogens with zero attached hydrogens (tertiary/aromatic N) is 1. The number of methoxy groups -OCH3 is 1. The molecule has 1 aliphatic rings. The number of hydrogen-bond donors (Lipinski definition) is 1. The van der Waals surface area contributed by atoms with Gasteiger partial charge in [0.15, 0.2) is 5.76 Å². The molecule has 84 valence electrons. The van der Waals surface area contributed by atoms with Gasteiger partial charge in [0.1, 0.15) is 12.4 Å². The van der Waals surface area contributed by atoms with E-state index in [1.165, 1.54) is 0 Å². The number of hydrogen-bond acceptors (Lipinski definition) is 4. The van der Waals surface area contributed by atoms with Crippen molar-refractivity contribution < 1.29 is 14.0 Å². The van der Waals surface area contributed by atoms with Gasteiger partial charge >= 0.3 is 0 Å². The molecule has 0 aliphatic carbocycles. The first kappa shape index (κ1) is 9.77. The van der Waals surface area contributed by atoms with Crippen molar-refractivity contribution in [3.8, 4) is 11.6 Å². The summed E-state index contributed by atoms with van der Waals surface area (Å²) in [7, 11) is 1.56. The zero-order valence-corrected chi connectivity index (χ0v) is 10.1. The zero-order chi connectivity index (χ0) is 11.1. The van der Waals surface area contributed by atoms with Crippen molar-refractivity contribution in [1.82, 2.24) is 10.1 Å². The second kappa shape index (κ2) is 3.55. The minimum Gasteiger partial charge on any atom is -0.491 e. The highest BCUT2D eigenvalue weighted by atomic mass is 79.9. The Morgan fingerprint density at radius 1 is 1.62 bits per heavy atom. The summed E-state index contributed by atoms with van der Waals surface area (Å²) in [6.45, 7) is 0.566. The first-order chi connectivity index (χ1) is 7.79. The SMILES string of the molecule is COc1cc(C2COc3c[nH]c(Br)c32)on1. The number of fused-ring (bicyclic) bond motifs is 1. The van der Waals surface area contributed by atoms with Crippen LogP contribution in [0.25, 0.3) is 0 Å². The highest BCUT2D eigenvalue weighted by Gasteiger charge is 2.32. The third kappa shape index (κ3) is 1.33. The topological polar surface area (TPSA) is 60.3 Å². The smallest absolute Gasteiger partial charge is 0.254 e. The molecule has 1 aliphatic heterocycles. The number of rotatable bonds is 2. The number of halogens is 1. The summed E-state index contributed by atoms with van der Waals surface area (Å²) in [6, 6.07) is 1.78. The van der Waals surface area contributed by atoms with E-state index in [-0.39, 0.29) is 5.92 Å². The molecular weight excluding hydrogens is 276 g/mol. The van der Waals surface area contributed by atoms with Gasteiger partial charge < -0.3 is 19.0 Å². The minimum atomic E-state index is 0.0621. The first-order valence-electron chi connectivity index (χ1n) is 4.79. The van der Waals surface area contributed by atoms with E-state index in [1.807, 2.05) is 6.20 Å². The van der Waals surface area contributed by atoms with Crippen molar-refractivity contribution >= 4 is 15.9 Å². The van der Waals surface area contributed by atoms with Crippen LogP contribution >= 0.6 is 15.9 Å². The molecular formula is C10H9BrN2O3. The highest BCUT2D eigenvalue weighted by molar-refractivity contribution is 9.10. The van der Waals surface area contributed by atoms with Gasteiger partial charge in [-0.15, -0.1) is 0 Å². The predicted molar refractivity (Wildman–Crippen MR) is 58.9 cm³/mol. The van der Waals surface area contributed by atoms with E-state index in [2.05, 4.69) is 26.1 Å². The van der Waals surface area contributed by atoms with Gasteiger partial charge in [-0.3, -0.25) is 0 Å². The van der Waals surface area contributed by atoms with E-state index in [0.717, 1.165) is 21.7 Å². The van der Waals surface area contributed by atoms with E-state index < -0.39 is 0 Å². The summed E-state index contributed by atoms with van der Waals surface area (Å²) >= 11 is 3.45. The van der Waals surface area contributed by atoms with Gasteiger partial charge in [-0.1, -0.05) is 0 Å². The molecule has 5 nitrogen and oxygen atoms in total.